The third-order valence-electron chi connectivity index (χ3n) is 2.98. The zero-order valence-electron chi connectivity index (χ0n) is 12.2. The molecule has 4 heteroatoms. The van der Waals surface area contributed by atoms with Crippen LogP contribution < -0.4 is 0 Å². The van der Waals surface area contributed by atoms with E-state index in [0.29, 0.717) is 0 Å². The van der Waals surface area contributed by atoms with E-state index >= 15 is 0 Å². The van der Waals surface area contributed by atoms with Gasteiger partial charge in [-0.3, -0.25) is 0 Å². The minimum atomic E-state index is -2.29. The van der Waals surface area contributed by atoms with Gasteiger partial charge in [0.1, 0.15) is 0 Å². The Balaban J connectivity index is 0. The first kappa shape index (κ1) is 20.6. The largest absolute Gasteiger partial charge is 0.298 e. The SMILES string of the molecule is CCC[CH2][SnH]([CH2]CCC)[CH2]CCC.FC=C(F)F. The number of halogens is 3. The Morgan fingerprint density at radius 3 is 1.28 bits per heavy atom. The molecule has 0 N–H and O–H groups in total. The zero-order chi connectivity index (χ0) is 14.2. The molecule has 18 heavy (non-hydrogen) atoms. The second-order valence-corrected chi connectivity index (χ2v) is 14.6. The Morgan fingerprint density at radius 1 is 0.833 bits per heavy atom. The van der Waals surface area contributed by atoms with Crippen LogP contribution in [0.4, 0.5) is 13.2 Å². The summed E-state index contributed by atoms with van der Waals surface area (Å²) in [5, 5.41) is 0. The topological polar surface area (TPSA) is 0 Å². The van der Waals surface area contributed by atoms with E-state index in [0.717, 1.165) is 0 Å². The average molecular weight is 373 g/mol. The molecule has 0 atom stereocenters. The molecule has 0 nitrogen and oxygen atoms in total. The molecular formula is C14H29F3Sn. The van der Waals surface area contributed by atoms with Crippen molar-refractivity contribution in [2.24, 2.45) is 0 Å². The van der Waals surface area contributed by atoms with E-state index in [4.69, 9.17) is 0 Å². The van der Waals surface area contributed by atoms with E-state index in [9.17, 15) is 13.2 Å². The van der Waals surface area contributed by atoms with Crippen molar-refractivity contribution >= 4 is 19.8 Å². The summed E-state index contributed by atoms with van der Waals surface area (Å²) in [6.07, 6.45) is 5.84. The van der Waals surface area contributed by atoms with Gasteiger partial charge in [0.15, 0.2) is 6.33 Å². The minimum Gasteiger partial charge on any atom is -0.210 e. The molecule has 0 fully saturated rings. The van der Waals surface area contributed by atoms with Gasteiger partial charge in [0, 0.05) is 0 Å². The molecule has 0 aliphatic heterocycles. The minimum absolute atomic E-state index is 0.750. The molecule has 110 valence electrons. The molecule has 0 aromatic carbocycles. The van der Waals surface area contributed by atoms with Gasteiger partial charge in [0.2, 0.25) is 0 Å². The molecule has 0 amide bonds. The number of unbranched alkanes of at least 4 members (excludes halogenated alkanes) is 3. The van der Waals surface area contributed by atoms with Gasteiger partial charge < -0.3 is 0 Å². The van der Waals surface area contributed by atoms with Crippen LogP contribution in [-0.4, -0.2) is 19.8 Å². The van der Waals surface area contributed by atoms with Crippen LogP contribution in [0.1, 0.15) is 59.3 Å². The molecular weight excluding hydrogens is 344 g/mol. The van der Waals surface area contributed by atoms with Crippen LogP contribution in [0.5, 0.6) is 0 Å². The van der Waals surface area contributed by atoms with Crippen molar-refractivity contribution in [2.75, 3.05) is 0 Å². The first-order valence-corrected chi connectivity index (χ1v) is 14.2. The van der Waals surface area contributed by atoms with Gasteiger partial charge in [-0.15, -0.1) is 0 Å². The van der Waals surface area contributed by atoms with Gasteiger partial charge in [-0.1, -0.05) is 0 Å². The number of rotatable bonds is 9. The van der Waals surface area contributed by atoms with Gasteiger partial charge >= 0.3 is 92.4 Å². The second-order valence-electron chi connectivity index (χ2n) is 4.69. The van der Waals surface area contributed by atoms with Crippen LogP contribution in [0.25, 0.3) is 0 Å². The molecule has 0 radical (unpaired) electrons. The van der Waals surface area contributed by atoms with Crippen molar-refractivity contribution in [1.82, 2.24) is 0 Å². The molecule has 0 spiro atoms. The Morgan fingerprint density at radius 2 is 1.11 bits per heavy atom. The number of hydrogen-bond donors (Lipinski definition) is 0. The normalized spacial score (nSPS) is 9.94. The Bertz CT molecular complexity index is 161. The van der Waals surface area contributed by atoms with Crippen molar-refractivity contribution in [1.29, 1.82) is 0 Å². The Kier molecular flexibility index (Phi) is 19.9. The van der Waals surface area contributed by atoms with Crippen LogP contribution >= 0.6 is 0 Å². The van der Waals surface area contributed by atoms with Crippen molar-refractivity contribution in [3.05, 3.63) is 12.4 Å². The molecule has 0 heterocycles. The first-order valence-electron chi connectivity index (χ1n) is 7.23. The maximum atomic E-state index is 10.2. The van der Waals surface area contributed by atoms with Gasteiger partial charge in [-0.2, -0.15) is 8.78 Å². The fourth-order valence-electron chi connectivity index (χ4n) is 1.91. The molecule has 0 unspecified atom stereocenters. The van der Waals surface area contributed by atoms with E-state index in [-0.39, 0.29) is 0 Å². The van der Waals surface area contributed by atoms with Gasteiger partial charge in [0.05, 0.1) is 0 Å². The molecule has 0 aliphatic carbocycles. The van der Waals surface area contributed by atoms with E-state index in [1.807, 2.05) is 0 Å². The van der Waals surface area contributed by atoms with Gasteiger partial charge in [-0.25, -0.2) is 4.39 Å². The Hall–Kier alpha value is 0.329. The van der Waals surface area contributed by atoms with Crippen molar-refractivity contribution in [3.8, 4) is 0 Å². The standard InChI is InChI=1S/3C4H9.C2HF3.Sn.H/c3*1-3-4-2;3-1-2(4)5;;/h3*1,3-4H2,2H3;1H;;. The van der Waals surface area contributed by atoms with Crippen molar-refractivity contribution < 1.29 is 13.2 Å². The zero-order valence-corrected chi connectivity index (χ0v) is 15.4. The average Bonchev–Trinajstić information content (AvgIpc) is 2.38. The monoisotopic (exact) mass is 374 g/mol. The molecule has 0 saturated carbocycles. The van der Waals surface area contributed by atoms with Crippen LogP contribution in [0.15, 0.2) is 12.4 Å². The second kappa shape index (κ2) is 17.3. The smallest absolute Gasteiger partial charge is 0.210 e. The summed E-state index contributed by atoms with van der Waals surface area (Å²) in [6, 6.07) is 0. The summed E-state index contributed by atoms with van der Waals surface area (Å²) in [6.45, 7) is 7.01. The van der Waals surface area contributed by atoms with Gasteiger partial charge in [-0.05, 0) is 0 Å². The van der Waals surface area contributed by atoms with E-state index in [1.165, 1.54) is 38.5 Å². The van der Waals surface area contributed by atoms with E-state index in [1.54, 1.807) is 13.3 Å². The van der Waals surface area contributed by atoms with Gasteiger partial charge in [0.25, 0.3) is 6.08 Å². The van der Waals surface area contributed by atoms with Crippen LogP contribution in [0.2, 0.25) is 13.3 Å². The van der Waals surface area contributed by atoms with E-state index in [2.05, 4.69) is 20.8 Å². The van der Waals surface area contributed by atoms with Crippen LogP contribution in [0.3, 0.4) is 0 Å². The molecule has 0 aromatic rings. The van der Waals surface area contributed by atoms with Crippen molar-refractivity contribution in [2.45, 2.75) is 72.6 Å². The third kappa shape index (κ3) is 18.7. The quantitative estimate of drug-likeness (QED) is 0.416. The fraction of sp³-hybridized carbons (Fsp3) is 0.857. The summed E-state index contributed by atoms with van der Waals surface area (Å²) < 4.78 is 35.8. The molecule has 0 bridgehead atoms. The van der Waals surface area contributed by atoms with Crippen LogP contribution in [0, 0.1) is 0 Å². The third-order valence-corrected chi connectivity index (χ3v) is 13.5. The predicted molar refractivity (Wildman–Crippen MR) is 77.7 cm³/mol. The Labute approximate surface area is 118 Å². The fourth-order valence-corrected chi connectivity index (χ4v) is 12.8. The van der Waals surface area contributed by atoms with Crippen molar-refractivity contribution in [3.63, 3.8) is 0 Å². The summed E-state index contributed by atoms with van der Waals surface area (Å²) in [5.74, 6) is 0. The molecule has 0 aromatic heterocycles. The predicted octanol–water partition coefficient (Wildman–Crippen LogP) is 6.31. The molecule has 0 rings (SSSR count). The number of hydrogen-bond acceptors (Lipinski definition) is 0. The molecule has 0 aliphatic rings. The maximum absolute atomic E-state index is 10.2. The van der Waals surface area contributed by atoms with Crippen LogP contribution in [-0.2, 0) is 0 Å². The van der Waals surface area contributed by atoms with E-state index < -0.39 is 32.2 Å². The molecule has 0 saturated heterocycles. The first-order chi connectivity index (χ1) is 8.62. The summed E-state index contributed by atoms with van der Waals surface area (Å²) >= 11 is -0.967. The summed E-state index contributed by atoms with van der Waals surface area (Å²) in [5.41, 5.74) is 0. The summed E-state index contributed by atoms with van der Waals surface area (Å²) in [4.78, 5) is 0. The summed E-state index contributed by atoms with van der Waals surface area (Å²) in [7, 11) is 0. The maximum Gasteiger partial charge on any atom is 0.298 e.